The molecule has 1 aromatic carbocycles. The van der Waals surface area contributed by atoms with E-state index in [0.717, 1.165) is 24.8 Å². The molecule has 0 heterocycles. The topological polar surface area (TPSA) is 35.5 Å². The highest BCUT2D eigenvalue weighted by Crippen LogP contribution is 2.28. The Morgan fingerprint density at radius 1 is 1.39 bits per heavy atom. The molecule has 0 fully saturated rings. The summed E-state index contributed by atoms with van der Waals surface area (Å²) in [5, 5.41) is 0. The molecule has 0 unspecified atom stereocenters. The summed E-state index contributed by atoms with van der Waals surface area (Å²) in [7, 11) is 1.57. The zero-order chi connectivity index (χ0) is 13.4. The average Bonchev–Trinajstić information content (AvgIpc) is 2.38. The van der Waals surface area contributed by atoms with E-state index in [9.17, 15) is 4.79 Å². The Hall–Kier alpha value is -1.77. The first-order chi connectivity index (χ1) is 8.71. The van der Waals surface area contributed by atoms with Crippen LogP contribution in [0, 0.1) is 0 Å². The highest BCUT2D eigenvalue weighted by Gasteiger charge is 2.10. The molecular formula is C15H20O3. The maximum atomic E-state index is 11.6. The van der Waals surface area contributed by atoms with Gasteiger partial charge in [0.1, 0.15) is 0 Å². The first-order valence-corrected chi connectivity index (χ1v) is 6.19. The Morgan fingerprint density at radius 3 is 2.78 bits per heavy atom. The van der Waals surface area contributed by atoms with Crippen LogP contribution in [-0.2, 0) is 11.2 Å². The van der Waals surface area contributed by atoms with Gasteiger partial charge in [-0.05, 0) is 30.5 Å². The summed E-state index contributed by atoms with van der Waals surface area (Å²) in [6.07, 6.45) is 4.84. The molecule has 0 saturated heterocycles. The predicted octanol–water partition coefficient (Wildman–Crippen LogP) is 3.52. The van der Waals surface area contributed by atoms with E-state index in [1.54, 1.807) is 13.2 Å². The van der Waals surface area contributed by atoms with Crippen LogP contribution in [0.4, 0.5) is 0 Å². The number of benzene rings is 1. The molecule has 0 aliphatic rings. The number of carbonyl (C=O) groups excluding carboxylic acids is 1. The first kappa shape index (κ1) is 14.3. The minimum absolute atomic E-state index is 0.216. The van der Waals surface area contributed by atoms with E-state index >= 15 is 0 Å². The Bertz CT molecular complexity index is 410. The Kier molecular flexibility index (Phi) is 5.98. The Morgan fingerprint density at radius 2 is 2.17 bits per heavy atom. The van der Waals surface area contributed by atoms with Gasteiger partial charge in [-0.1, -0.05) is 25.5 Å². The number of esters is 1. The smallest absolute Gasteiger partial charge is 0.311 e. The van der Waals surface area contributed by atoms with Gasteiger partial charge in [0.05, 0.1) is 7.11 Å². The summed E-state index contributed by atoms with van der Waals surface area (Å²) in [6.45, 7) is 5.73. The minimum atomic E-state index is -0.216. The fourth-order valence-corrected chi connectivity index (χ4v) is 1.58. The molecule has 98 valence electrons. The van der Waals surface area contributed by atoms with Crippen LogP contribution in [0.3, 0.4) is 0 Å². The molecule has 18 heavy (non-hydrogen) atoms. The van der Waals surface area contributed by atoms with Gasteiger partial charge < -0.3 is 9.47 Å². The van der Waals surface area contributed by atoms with E-state index in [1.807, 2.05) is 25.1 Å². The minimum Gasteiger partial charge on any atom is -0.493 e. The van der Waals surface area contributed by atoms with Crippen molar-refractivity contribution in [3.05, 3.63) is 36.4 Å². The lowest BCUT2D eigenvalue weighted by Gasteiger charge is -2.10. The van der Waals surface area contributed by atoms with Gasteiger partial charge >= 0.3 is 5.97 Å². The van der Waals surface area contributed by atoms with Gasteiger partial charge in [-0.25, -0.2) is 0 Å². The van der Waals surface area contributed by atoms with Crippen molar-refractivity contribution >= 4 is 5.97 Å². The fraction of sp³-hybridized carbons (Fsp3) is 0.400. The van der Waals surface area contributed by atoms with E-state index < -0.39 is 0 Å². The number of carbonyl (C=O) groups is 1. The summed E-state index contributed by atoms with van der Waals surface area (Å²) in [5.41, 5.74) is 1.08. The molecule has 0 aromatic heterocycles. The molecule has 1 aromatic rings. The molecule has 0 bridgehead atoms. The van der Waals surface area contributed by atoms with Gasteiger partial charge in [-0.3, -0.25) is 4.79 Å². The largest absolute Gasteiger partial charge is 0.493 e. The number of ether oxygens (including phenoxy) is 2. The summed E-state index contributed by atoms with van der Waals surface area (Å²) < 4.78 is 10.5. The van der Waals surface area contributed by atoms with Crippen LogP contribution < -0.4 is 9.47 Å². The zero-order valence-electron chi connectivity index (χ0n) is 11.1. The standard InChI is InChI=1S/C15H20O3/c1-4-6-8-15(16)18-13-10-9-12(7-5-2)11-14(13)17-3/h5,9-11H,2,4,6-8H2,1,3H3. The number of methoxy groups -OCH3 is 1. The Labute approximate surface area is 108 Å². The van der Waals surface area contributed by atoms with Crippen LogP contribution in [0.1, 0.15) is 31.7 Å². The third-order valence-electron chi connectivity index (χ3n) is 2.57. The normalized spacial score (nSPS) is 9.89. The molecule has 3 heteroatoms. The highest BCUT2D eigenvalue weighted by atomic mass is 16.6. The maximum Gasteiger partial charge on any atom is 0.311 e. The highest BCUT2D eigenvalue weighted by molar-refractivity contribution is 5.73. The summed E-state index contributed by atoms with van der Waals surface area (Å²) in [4.78, 5) is 11.6. The van der Waals surface area contributed by atoms with Gasteiger partial charge in [0.15, 0.2) is 11.5 Å². The molecule has 0 radical (unpaired) electrons. The molecule has 0 spiro atoms. The first-order valence-electron chi connectivity index (χ1n) is 6.19. The SMILES string of the molecule is C=CCc1ccc(OC(=O)CCCC)c(OC)c1. The summed E-state index contributed by atoms with van der Waals surface area (Å²) in [6, 6.07) is 5.54. The van der Waals surface area contributed by atoms with Crippen molar-refractivity contribution in [3.63, 3.8) is 0 Å². The van der Waals surface area contributed by atoms with Crippen molar-refractivity contribution < 1.29 is 14.3 Å². The van der Waals surface area contributed by atoms with Gasteiger partial charge in [0.2, 0.25) is 0 Å². The molecule has 0 aliphatic carbocycles. The van der Waals surface area contributed by atoms with Crippen LogP contribution in [-0.4, -0.2) is 13.1 Å². The lowest BCUT2D eigenvalue weighted by molar-refractivity contribution is -0.134. The van der Waals surface area contributed by atoms with Gasteiger partial charge in [-0.2, -0.15) is 0 Å². The van der Waals surface area contributed by atoms with E-state index in [0.29, 0.717) is 17.9 Å². The van der Waals surface area contributed by atoms with E-state index in [4.69, 9.17) is 9.47 Å². The van der Waals surface area contributed by atoms with Crippen molar-refractivity contribution in [2.45, 2.75) is 32.6 Å². The van der Waals surface area contributed by atoms with Crippen molar-refractivity contribution in [1.29, 1.82) is 0 Å². The molecule has 0 atom stereocenters. The number of unbranched alkanes of at least 4 members (excludes halogenated alkanes) is 1. The third-order valence-corrected chi connectivity index (χ3v) is 2.57. The lowest BCUT2D eigenvalue weighted by atomic mass is 10.1. The van der Waals surface area contributed by atoms with E-state index in [-0.39, 0.29) is 5.97 Å². The van der Waals surface area contributed by atoms with Crippen LogP contribution in [0.25, 0.3) is 0 Å². The molecular weight excluding hydrogens is 228 g/mol. The van der Waals surface area contributed by atoms with Crippen LogP contribution in [0.5, 0.6) is 11.5 Å². The van der Waals surface area contributed by atoms with Crippen molar-refractivity contribution in [2.24, 2.45) is 0 Å². The molecule has 3 nitrogen and oxygen atoms in total. The summed E-state index contributed by atoms with van der Waals surface area (Å²) in [5.74, 6) is 0.845. The summed E-state index contributed by atoms with van der Waals surface area (Å²) >= 11 is 0. The molecule has 0 N–H and O–H groups in total. The predicted molar refractivity (Wildman–Crippen MR) is 72.1 cm³/mol. The number of hydrogen-bond acceptors (Lipinski definition) is 3. The van der Waals surface area contributed by atoms with Gasteiger partial charge in [0, 0.05) is 6.42 Å². The second kappa shape index (κ2) is 7.54. The zero-order valence-corrected chi connectivity index (χ0v) is 11.1. The molecule has 0 amide bonds. The van der Waals surface area contributed by atoms with E-state index in [2.05, 4.69) is 6.58 Å². The van der Waals surface area contributed by atoms with Crippen molar-refractivity contribution in [2.75, 3.05) is 7.11 Å². The number of allylic oxidation sites excluding steroid dienone is 1. The number of rotatable bonds is 7. The fourth-order valence-electron chi connectivity index (χ4n) is 1.58. The average molecular weight is 248 g/mol. The monoisotopic (exact) mass is 248 g/mol. The van der Waals surface area contributed by atoms with Gasteiger partial charge in [-0.15, -0.1) is 6.58 Å². The Balaban J connectivity index is 2.75. The van der Waals surface area contributed by atoms with E-state index in [1.165, 1.54) is 0 Å². The molecule has 0 aliphatic heterocycles. The molecule has 0 saturated carbocycles. The number of hydrogen-bond donors (Lipinski definition) is 0. The second-order valence-corrected chi connectivity index (χ2v) is 4.06. The van der Waals surface area contributed by atoms with Crippen molar-refractivity contribution in [3.8, 4) is 11.5 Å². The quantitative estimate of drug-likeness (QED) is 0.421. The van der Waals surface area contributed by atoms with Crippen LogP contribution in [0.2, 0.25) is 0 Å². The second-order valence-electron chi connectivity index (χ2n) is 4.06. The lowest BCUT2D eigenvalue weighted by Crippen LogP contribution is -2.08. The maximum absolute atomic E-state index is 11.6. The van der Waals surface area contributed by atoms with Crippen LogP contribution in [0.15, 0.2) is 30.9 Å². The van der Waals surface area contributed by atoms with Crippen LogP contribution >= 0.6 is 0 Å². The third kappa shape index (κ3) is 4.24. The van der Waals surface area contributed by atoms with Crippen molar-refractivity contribution in [1.82, 2.24) is 0 Å². The molecule has 1 rings (SSSR count). The van der Waals surface area contributed by atoms with Gasteiger partial charge in [0.25, 0.3) is 0 Å².